The van der Waals surface area contributed by atoms with Crippen molar-refractivity contribution < 1.29 is 24.7 Å². The van der Waals surface area contributed by atoms with E-state index in [0.29, 0.717) is 0 Å². The summed E-state index contributed by atoms with van der Waals surface area (Å²) in [5.74, 6) is -2.46. The first kappa shape index (κ1) is 15.4. The molecule has 0 aliphatic rings. The second-order valence-electron chi connectivity index (χ2n) is 4.38. The number of rotatable bonds is 6. The third-order valence-corrected chi connectivity index (χ3v) is 2.54. The van der Waals surface area contributed by atoms with Crippen LogP contribution in [0.4, 0.5) is 11.4 Å². The van der Waals surface area contributed by atoms with Crippen LogP contribution in [0.25, 0.3) is 0 Å². The van der Waals surface area contributed by atoms with Crippen LogP contribution < -0.4 is 5.32 Å². The quantitative estimate of drug-likeness (QED) is 0.414. The van der Waals surface area contributed by atoms with Crippen molar-refractivity contribution in [1.29, 1.82) is 0 Å². The lowest BCUT2D eigenvalue weighted by atomic mass is 10.0. The third-order valence-electron chi connectivity index (χ3n) is 2.54. The fraction of sp³-hybridized carbons (Fsp3) is 0.333. The molecule has 3 N–H and O–H groups in total. The molecule has 0 aliphatic carbocycles. The summed E-state index contributed by atoms with van der Waals surface area (Å²) in [4.78, 5) is 32.2. The summed E-state index contributed by atoms with van der Waals surface area (Å²) in [5, 5.41) is 31.2. The summed E-state index contributed by atoms with van der Waals surface area (Å²) < 4.78 is 0. The SMILES string of the molecule is CC(CC(=O)O)CC(=O)Nc1c(O)cccc1[N+](=O)[O-]. The van der Waals surface area contributed by atoms with Gasteiger partial charge in [0.2, 0.25) is 5.91 Å². The van der Waals surface area contributed by atoms with E-state index in [-0.39, 0.29) is 18.5 Å². The molecular formula is C12H14N2O6. The van der Waals surface area contributed by atoms with E-state index < -0.39 is 34.2 Å². The predicted molar refractivity (Wildman–Crippen MR) is 69.4 cm³/mol. The number of amides is 1. The molecule has 1 unspecified atom stereocenters. The number of carboxylic acids is 1. The third kappa shape index (κ3) is 4.23. The number of benzene rings is 1. The van der Waals surface area contributed by atoms with Gasteiger partial charge in [0.1, 0.15) is 5.75 Å². The fourth-order valence-corrected chi connectivity index (χ4v) is 1.69. The van der Waals surface area contributed by atoms with Gasteiger partial charge < -0.3 is 15.5 Å². The van der Waals surface area contributed by atoms with Crippen LogP contribution in [0.5, 0.6) is 5.75 Å². The minimum Gasteiger partial charge on any atom is -0.505 e. The Hall–Kier alpha value is -2.64. The van der Waals surface area contributed by atoms with Crippen molar-refractivity contribution in [2.75, 3.05) is 5.32 Å². The first-order valence-corrected chi connectivity index (χ1v) is 5.79. The Bertz CT molecular complexity index is 543. The number of nitro groups is 1. The lowest BCUT2D eigenvalue weighted by Gasteiger charge is -2.10. The minimum absolute atomic E-state index is 0.113. The largest absolute Gasteiger partial charge is 0.505 e. The summed E-state index contributed by atoms with van der Waals surface area (Å²) in [6.07, 6.45) is -0.298. The molecule has 1 amide bonds. The molecule has 0 aromatic heterocycles. The number of hydrogen-bond acceptors (Lipinski definition) is 5. The average molecular weight is 282 g/mol. The highest BCUT2D eigenvalue weighted by Gasteiger charge is 2.20. The Kier molecular flexibility index (Phi) is 5.01. The Labute approximate surface area is 114 Å². The van der Waals surface area contributed by atoms with E-state index in [4.69, 9.17) is 5.11 Å². The normalized spacial score (nSPS) is 11.7. The number of aliphatic carboxylic acids is 1. The van der Waals surface area contributed by atoms with E-state index in [1.165, 1.54) is 12.1 Å². The number of anilines is 1. The molecule has 0 heterocycles. The highest BCUT2D eigenvalue weighted by molar-refractivity contribution is 5.95. The second-order valence-corrected chi connectivity index (χ2v) is 4.38. The molecule has 8 nitrogen and oxygen atoms in total. The number of carbonyl (C=O) groups is 2. The number of nitrogens with one attached hydrogen (secondary N) is 1. The summed E-state index contributed by atoms with van der Waals surface area (Å²) >= 11 is 0. The van der Waals surface area contributed by atoms with Crippen LogP contribution in [-0.2, 0) is 9.59 Å². The van der Waals surface area contributed by atoms with Crippen molar-refractivity contribution in [2.45, 2.75) is 19.8 Å². The molecule has 1 aromatic rings. The number of carboxylic acid groups (broad SMARTS) is 1. The summed E-state index contributed by atoms with van der Waals surface area (Å²) in [6.45, 7) is 1.58. The van der Waals surface area contributed by atoms with Gasteiger partial charge in [-0.2, -0.15) is 0 Å². The van der Waals surface area contributed by atoms with Gasteiger partial charge in [0.25, 0.3) is 5.69 Å². The molecule has 1 rings (SSSR count). The van der Waals surface area contributed by atoms with Gasteiger partial charge in [-0.05, 0) is 12.0 Å². The Morgan fingerprint density at radius 3 is 2.60 bits per heavy atom. The van der Waals surface area contributed by atoms with Gasteiger partial charge >= 0.3 is 5.97 Å². The van der Waals surface area contributed by atoms with Crippen LogP contribution in [0, 0.1) is 16.0 Å². The second kappa shape index (κ2) is 6.50. The molecule has 1 atom stereocenters. The molecule has 0 radical (unpaired) electrons. The van der Waals surface area contributed by atoms with Crippen molar-refractivity contribution in [3.05, 3.63) is 28.3 Å². The van der Waals surface area contributed by atoms with Gasteiger partial charge in [-0.3, -0.25) is 19.7 Å². The number of nitrogens with zero attached hydrogens (tertiary/aromatic N) is 1. The van der Waals surface area contributed by atoms with Crippen molar-refractivity contribution in [2.24, 2.45) is 5.92 Å². The van der Waals surface area contributed by atoms with Crippen molar-refractivity contribution in [3.8, 4) is 5.75 Å². The van der Waals surface area contributed by atoms with Gasteiger partial charge in [-0.25, -0.2) is 0 Å². The standard InChI is InChI=1S/C12H14N2O6/c1-7(6-11(17)18)5-10(16)13-12-8(14(19)20)3-2-4-9(12)15/h2-4,7,15H,5-6H2,1H3,(H,13,16)(H,17,18). The van der Waals surface area contributed by atoms with Gasteiger partial charge in [-0.15, -0.1) is 0 Å². The van der Waals surface area contributed by atoms with Gasteiger partial charge in [-0.1, -0.05) is 13.0 Å². The number of carbonyl (C=O) groups excluding carboxylic acids is 1. The molecule has 0 spiro atoms. The molecule has 20 heavy (non-hydrogen) atoms. The molecule has 8 heteroatoms. The first-order chi connectivity index (χ1) is 9.31. The van der Waals surface area contributed by atoms with E-state index in [1.54, 1.807) is 6.92 Å². The number of para-hydroxylation sites is 1. The number of nitro benzene ring substituents is 1. The predicted octanol–water partition coefficient (Wildman–Crippen LogP) is 1.74. The molecular weight excluding hydrogens is 268 g/mol. The maximum absolute atomic E-state index is 11.7. The number of phenolic OH excluding ortho intramolecular Hbond substituents is 1. The van der Waals surface area contributed by atoms with E-state index in [0.717, 1.165) is 6.07 Å². The van der Waals surface area contributed by atoms with Crippen LogP contribution in [0.1, 0.15) is 19.8 Å². The van der Waals surface area contributed by atoms with Crippen molar-refractivity contribution >= 4 is 23.3 Å². The molecule has 0 aliphatic heterocycles. The number of phenols is 1. The van der Waals surface area contributed by atoms with Gasteiger partial charge in [0, 0.05) is 18.9 Å². The van der Waals surface area contributed by atoms with Crippen LogP contribution in [-0.4, -0.2) is 27.0 Å². The fourth-order valence-electron chi connectivity index (χ4n) is 1.69. The van der Waals surface area contributed by atoms with Crippen molar-refractivity contribution in [3.63, 3.8) is 0 Å². The lowest BCUT2D eigenvalue weighted by Crippen LogP contribution is -2.17. The topological polar surface area (TPSA) is 130 Å². The minimum atomic E-state index is -1.03. The van der Waals surface area contributed by atoms with Crippen LogP contribution >= 0.6 is 0 Å². The molecule has 0 saturated heterocycles. The Morgan fingerprint density at radius 1 is 1.40 bits per heavy atom. The average Bonchev–Trinajstić information content (AvgIpc) is 2.29. The van der Waals surface area contributed by atoms with Crippen LogP contribution in [0.15, 0.2) is 18.2 Å². The van der Waals surface area contributed by atoms with E-state index in [2.05, 4.69) is 5.32 Å². The smallest absolute Gasteiger partial charge is 0.303 e. The summed E-state index contributed by atoms with van der Waals surface area (Å²) in [6, 6.07) is 3.65. The molecule has 0 saturated carbocycles. The molecule has 0 fully saturated rings. The van der Waals surface area contributed by atoms with E-state index in [1.807, 2.05) is 0 Å². The Morgan fingerprint density at radius 2 is 2.05 bits per heavy atom. The molecule has 108 valence electrons. The van der Waals surface area contributed by atoms with Crippen LogP contribution in [0.2, 0.25) is 0 Å². The zero-order chi connectivity index (χ0) is 15.3. The van der Waals surface area contributed by atoms with E-state index >= 15 is 0 Å². The zero-order valence-corrected chi connectivity index (χ0v) is 10.7. The summed E-state index contributed by atoms with van der Waals surface area (Å²) in [5.41, 5.74) is -0.714. The number of aromatic hydroxyl groups is 1. The summed E-state index contributed by atoms with van der Waals surface area (Å²) in [7, 11) is 0. The zero-order valence-electron chi connectivity index (χ0n) is 10.7. The highest BCUT2D eigenvalue weighted by atomic mass is 16.6. The van der Waals surface area contributed by atoms with Gasteiger partial charge in [0.15, 0.2) is 5.69 Å². The Balaban J connectivity index is 2.80. The molecule has 1 aromatic carbocycles. The maximum Gasteiger partial charge on any atom is 0.303 e. The lowest BCUT2D eigenvalue weighted by molar-refractivity contribution is -0.384. The van der Waals surface area contributed by atoms with Crippen LogP contribution in [0.3, 0.4) is 0 Å². The molecule has 0 bridgehead atoms. The monoisotopic (exact) mass is 282 g/mol. The van der Waals surface area contributed by atoms with Gasteiger partial charge in [0.05, 0.1) is 4.92 Å². The highest BCUT2D eigenvalue weighted by Crippen LogP contribution is 2.33. The number of hydrogen-bond donors (Lipinski definition) is 3. The van der Waals surface area contributed by atoms with Crippen molar-refractivity contribution in [1.82, 2.24) is 0 Å². The maximum atomic E-state index is 11.7. The van der Waals surface area contributed by atoms with E-state index in [9.17, 15) is 24.8 Å². The first-order valence-electron chi connectivity index (χ1n) is 5.79.